The molecule has 0 saturated carbocycles. The molecule has 2 N–H and O–H groups in total. The van der Waals surface area contributed by atoms with Gasteiger partial charge >= 0.3 is 0 Å². The minimum Gasteiger partial charge on any atom is -0.341 e. The molecule has 1 heterocycles. The minimum atomic E-state index is -3.60. The second-order valence-corrected chi connectivity index (χ2v) is 10.5. The molecule has 0 aromatic heterocycles. The lowest BCUT2D eigenvalue weighted by atomic mass is 9.96. The first-order valence-corrected chi connectivity index (χ1v) is 13.0. The predicted molar refractivity (Wildman–Crippen MR) is 129 cm³/mol. The topological polar surface area (TPSA) is 95.6 Å². The quantitative estimate of drug-likeness (QED) is 0.591. The van der Waals surface area contributed by atoms with E-state index in [0.29, 0.717) is 36.5 Å². The van der Waals surface area contributed by atoms with E-state index in [0.717, 1.165) is 6.42 Å². The van der Waals surface area contributed by atoms with Crippen LogP contribution >= 0.6 is 11.6 Å². The number of nitrogens with zero attached hydrogens (tertiary/aromatic N) is 1. The van der Waals surface area contributed by atoms with Crippen molar-refractivity contribution in [3.8, 4) is 0 Å². The first-order valence-electron chi connectivity index (χ1n) is 11.1. The van der Waals surface area contributed by atoms with E-state index < -0.39 is 16.1 Å². The molecule has 3 rings (SSSR count). The van der Waals surface area contributed by atoms with Crippen LogP contribution in [0.2, 0.25) is 5.02 Å². The number of benzene rings is 2. The first-order chi connectivity index (χ1) is 15.7. The highest BCUT2D eigenvalue weighted by atomic mass is 35.5. The Morgan fingerprint density at radius 1 is 1.06 bits per heavy atom. The van der Waals surface area contributed by atoms with Crippen LogP contribution in [-0.2, 0) is 14.8 Å². The normalized spacial score (nSPS) is 16.8. The Balaban J connectivity index is 1.61. The molecule has 178 valence electrons. The number of piperidine rings is 1. The molecule has 2 atom stereocenters. The molecular weight excluding hydrogens is 462 g/mol. The Bertz CT molecular complexity index is 1050. The number of halogens is 1. The van der Waals surface area contributed by atoms with Crippen molar-refractivity contribution < 1.29 is 18.0 Å². The maximum Gasteiger partial charge on any atom is 0.251 e. The fourth-order valence-corrected chi connectivity index (χ4v) is 5.26. The Labute approximate surface area is 200 Å². The number of likely N-dealkylation sites (tertiary alicyclic amines) is 1. The molecule has 0 spiro atoms. The SMILES string of the molecule is CCC(C)C(NC(=O)c1ccc(Cl)cc1)C(=O)N1CCC(NS(=O)(=O)c2ccccc2)CC1. The third-order valence-corrected chi connectivity index (χ3v) is 7.84. The molecule has 2 aromatic rings. The van der Waals surface area contributed by atoms with E-state index in [1.807, 2.05) is 13.8 Å². The Morgan fingerprint density at radius 3 is 2.24 bits per heavy atom. The van der Waals surface area contributed by atoms with Crippen molar-refractivity contribution in [2.24, 2.45) is 5.92 Å². The number of hydrogen-bond acceptors (Lipinski definition) is 4. The second kappa shape index (κ2) is 11.1. The van der Waals surface area contributed by atoms with Gasteiger partial charge < -0.3 is 10.2 Å². The number of rotatable bonds is 8. The van der Waals surface area contributed by atoms with Gasteiger partial charge in [-0.1, -0.05) is 50.1 Å². The Hall–Kier alpha value is -2.42. The van der Waals surface area contributed by atoms with E-state index in [9.17, 15) is 18.0 Å². The molecule has 2 aromatic carbocycles. The van der Waals surface area contributed by atoms with Gasteiger partial charge in [0.05, 0.1) is 4.90 Å². The van der Waals surface area contributed by atoms with E-state index in [1.54, 1.807) is 59.5 Å². The molecule has 1 aliphatic heterocycles. The zero-order valence-corrected chi connectivity index (χ0v) is 20.4. The number of amides is 2. The van der Waals surface area contributed by atoms with Crippen LogP contribution in [-0.4, -0.2) is 50.3 Å². The van der Waals surface area contributed by atoms with Crippen LogP contribution in [0.4, 0.5) is 0 Å². The number of carbonyl (C=O) groups is 2. The van der Waals surface area contributed by atoms with Crippen molar-refractivity contribution in [1.29, 1.82) is 0 Å². The van der Waals surface area contributed by atoms with Crippen molar-refractivity contribution in [2.75, 3.05) is 13.1 Å². The fourth-order valence-electron chi connectivity index (χ4n) is 3.81. The van der Waals surface area contributed by atoms with Gasteiger partial charge in [0, 0.05) is 29.7 Å². The average molecular weight is 492 g/mol. The molecule has 0 radical (unpaired) electrons. The lowest BCUT2D eigenvalue weighted by Gasteiger charge is -2.36. The molecule has 1 saturated heterocycles. The molecule has 33 heavy (non-hydrogen) atoms. The summed E-state index contributed by atoms with van der Waals surface area (Å²) < 4.78 is 27.9. The van der Waals surface area contributed by atoms with Crippen molar-refractivity contribution in [3.63, 3.8) is 0 Å². The maximum absolute atomic E-state index is 13.3. The highest BCUT2D eigenvalue weighted by Crippen LogP contribution is 2.19. The van der Waals surface area contributed by atoms with E-state index in [1.165, 1.54) is 0 Å². The van der Waals surface area contributed by atoms with Gasteiger partial charge in [-0.2, -0.15) is 0 Å². The van der Waals surface area contributed by atoms with Crippen LogP contribution in [0.3, 0.4) is 0 Å². The van der Waals surface area contributed by atoms with E-state index >= 15 is 0 Å². The molecule has 1 fully saturated rings. The molecule has 2 unspecified atom stereocenters. The van der Waals surface area contributed by atoms with Gasteiger partial charge in [-0.3, -0.25) is 9.59 Å². The maximum atomic E-state index is 13.3. The minimum absolute atomic E-state index is 0.0527. The molecule has 7 nitrogen and oxygen atoms in total. The standard InChI is InChI=1S/C24H30ClN3O4S/c1-3-17(2)22(26-23(29)18-9-11-19(25)12-10-18)24(30)28-15-13-20(14-16-28)27-33(31,32)21-7-5-4-6-8-21/h4-12,17,20,22,27H,3,13-16H2,1-2H3,(H,26,29). The van der Waals surface area contributed by atoms with Gasteiger partial charge in [-0.05, 0) is 55.2 Å². The predicted octanol–water partition coefficient (Wildman–Crippen LogP) is 3.45. The van der Waals surface area contributed by atoms with Crippen molar-refractivity contribution in [3.05, 3.63) is 65.2 Å². The number of nitrogens with one attached hydrogen (secondary N) is 2. The van der Waals surface area contributed by atoms with Gasteiger partial charge in [0.1, 0.15) is 6.04 Å². The van der Waals surface area contributed by atoms with Gasteiger partial charge in [0.2, 0.25) is 15.9 Å². The number of hydrogen-bond donors (Lipinski definition) is 2. The van der Waals surface area contributed by atoms with Crippen molar-refractivity contribution in [2.45, 2.75) is 50.1 Å². The molecule has 2 amide bonds. The van der Waals surface area contributed by atoms with Crippen LogP contribution in [0.5, 0.6) is 0 Å². The van der Waals surface area contributed by atoms with Crippen LogP contribution in [0.1, 0.15) is 43.5 Å². The van der Waals surface area contributed by atoms with Gasteiger partial charge in [0.15, 0.2) is 0 Å². The third-order valence-electron chi connectivity index (χ3n) is 6.05. The zero-order chi connectivity index (χ0) is 24.0. The summed E-state index contributed by atoms with van der Waals surface area (Å²) in [6, 6.07) is 13.9. The molecule has 9 heteroatoms. The van der Waals surface area contributed by atoms with Crippen molar-refractivity contribution in [1.82, 2.24) is 14.9 Å². The zero-order valence-electron chi connectivity index (χ0n) is 18.8. The fraction of sp³-hybridized carbons (Fsp3) is 0.417. The van der Waals surface area contributed by atoms with Crippen LogP contribution in [0.25, 0.3) is 0 Å². The molecule has 0 bridgehead atoms. The summed E-state index contributed by atoms with van der Waals surface area (Å²) in [7, 11) is -3.60. The second-order valence-electron chi connectivity index (χ2n) is 8.38. The van der Waals surface area contributed by atoms with Crippen LogP contribution in [0.15, 0.2) is 59.5 Å². The largest absolute Gasteiger partial charge is 0.341 e. The average Bonchev–Trinajstić information content (AvgIpc) is 2.82. The van der Waals surface area contributed by atoms with E-state index in [4.69, 9.17) is 11.6 Å². The number of carbonyl (C=O) groups excluding carboxylic acids is 2. The van der Waals surface area contributed by atoms with Gasteiger partial charge in [0.25, 0.3) is 5.91 Å². The Morgan fingerprint density at radius 2 is 1.67 bits per heavy atom. The van der Waals surface area contributed by atoms with Crippen molar-refractivity contribution >= 4 is 33.4 Å². The van der Waals surface area contributed by atoms with Crippen LogP contribution < -0.4 is 10.0 Å². The van der Waals surface area contributed by atoms with Gasteiger partial charge in [-0.25, -0.2) is 13.1 Å². The Kier molecular flexibility index (Phi) is 8.51. The summed E-state index contributed by atoms with van der Waals surface area (Å²) in [5.74, 6) is -0.519. The molecule has 0 aliphatic carbocycles. The first kappa shape index (κ1) is 25.2. The highest BCUT2D eigenvalue weighted by molar-refractivity contribution is 7.89. The third kappa shape index (κ3) is 6.56. The smallest absolute Gasteiger partial charge is 0.251 e. The summed E-state index contributed by atoms with van der Waals surface area (Å²) in [4.78, 5) is 27.9. The van der Waals surface area contributed by atoms with Crippen LogP contribution in [0, 0.1) is 5.92 Å². The lowest BCUT2D eigenvalue weighted by molar-refractivity contribution is -0.135. The van der Waals surface area contributed by atoms with E-state index in [-0.39, 0.29) is 28.7 Å². The summed E-state index contributed by atoms with van der Waals surface area (Å²) in [6.07, 6.45) is 1.75. The van der Waals surface area contributed by atoms with Gasteiger partial charge in [-0.15, -0.1) is 0 Å². The summed E-state index contributed by atoms with van der Waals surface area (Å²) in [6.45, 7) is 4.75. The summed E-state index contributed by atoms with van der Waals surface area (Å²) >= 11 is 5.90. The number of sulfonamides is 1. The van der Waals surface area contributed by atoms with E-state index in [2.05, 4.69) is 10.0 Å². The monoisotopic (exact) mass is 491 g/mol. The molecular formula is C24H30ClN3O4S. The summed E-state index contributed by atoms with van der Waals surface area (Å²) in [5, 5.41) is 3.42. The lowest BCUT2D eigenvalue weighted by Crippen LogP contribution is -2.55. The highest BCUT2D eigenvalue weighted by Gasteiger charge is 2.33. The summed E-state index contributed by atoms with van der Waals surface area (Å²) in [5.41, 5.74) is 0.439. The molecule has 1 aliphatic rings.